The van der Waals surface area contributed by atoms with Gasteiger partial charge in [0.25, 0.3) is 5.91 Å². The first-order valence-corrected chi connectivity index (χ1v) is 10.5. The maximum atomic E-state index is 13.4. The van der Waals surface area contributed by atoms with Crippen LogP contribution in [0.1, 0.15) is 33.5 Å². The molecule has 0 aliphatic heterocycles. The fraction of sp³-hybridized carbons (Fsp3) is 0.261. The van der Waals surface area contributed by atoms with Gasteiger partial charge in [0.05, 0.1) is 16.5 Å². The molecule has 148 valence electrons. The highest BCUT2D eigenvalue weighted by atomic mass is 32.1. The number of benzene rings is 2. The molecular formula is C23H24N4OS. The van der Waals surface area contributed by atoms with Crippen molar-refractivity contribution >= 4 is 32.6 Å². The minimum atomic E-state index is -0.00670. The van der Waals surface area contributed by atoms with Gasteiger partial charge in [-0.1, -0.05) is 35.1 Å². The van der Waals surface area contributed by atoms with Crippen molar-refractivity contribution in [3.63, 3.8) is 0 Å². The highest BCUT2D eigenvalue weighted by Gasteiger charge is 2.21. The Morgan fingerprint density at radius 3 is 2.76 bits per heavy atom. The molecule has 2 heterocycles. The van der Waals surface area contributed by atoms with Crippen molar-refractivity contribution in [2.45, 2.75) is 33.7 Å². The SMILES string of the molecule is Cc1cccc(C(=O)N(CCCn2ccnc2)c2nc3cc(C)cc(C)c3s2)c1. The molecule has 0 unspecified atom stereocenters. The Labute approximate surface area is 174 Å². The van der Waals surface area contributed by atoms with E-state index in [4.69, 9.17) is 4.98 Å². The summed E-state index contributed by atoms with van der Waals surface area (Å²) in [6.07, 6.45) is 6.34. The van der Waals surface area contributed by atoms with Crippen molar-refractivity contribution < 1.29 is 4.79 Å². The van der Waals surface area contributed by atoms with E-state index in [2.05, 4.69) is 31.0 Å². The second kappa shape index (κ2) is 8.17. The summed E-state index contributed by atoms with van der Waals surface area (Å²) >= 11 is 1.59. The third-order valence-corrected chi connectivity index (χ3v) is 6.14. The van der Waals surface area contributed by atoms with Crippen LogP contribution >= 0.6 is 11.3 Å². The van der Waals surface area contributed by atoms with Gasteiger partial charge in [0.1, 0.15) is 0 Å². The molecule has 4 aromatic rings. The number of amides is 1. The summed E-state index contributed by atoms with van der Waals surface area (Å²) in [5, 5.41) is 0.755. The summed E-state index contributed by atoms with van der Waals surface area (Å²) in [6.45, 7) is 7.59. The topological polar surface area (TPSA) is 51.0 Å². The zero-order valence-electron chi connectivity index (χ0n) is 16.9. The van der Waals surface area contributed by atoms with Crippen LogP contribution in [-0.2, 0) is 6.54 Å². The Kier molecular flexibility index (Phi) is 5.45. The molecule has 0 saturated carbocycles. The molecule has 6 heteroatoms. The van der Waals surface area contributed by atoms with E-state index in [0.717, 1.165) is 33.9 Å². The maximum absolute atomic E-state index is 13.4. The molecule has 2 aromatic carbocycles. The van der Waals surface area contributed by atoms with Crippen LogP contribution in [0.2, 0.25) is 0 Å². The van der Waals surface area contributed by atoms with E-state index in [1.807, 2.05) is 46.9 Å². The quantitative estimate of drug-likeness (QED) is 0.446. The van der Waals surface area contributed by atoms with Gasteiger partial charge in [0, 0.05) is 31.0 Å². The number of imidazole rings is 1. The molecule has 0 saturated heterocycles. The van der Waals surface area contributed by atoms with Crippen molar-refractivity contribution in [3.8, 4) is 0 Å². The van der Waals surface area contributed by atoms with Crippen LogP contribution in [-0.4, -0.2) is 27.0 Å². The van der Waals surface area contributed by atoms with E-state index in [-0.39, 0.29) is 5.91 Å². The number of hydrogen-bond donors (Lipinski definition) is 0. The largest absolute Gasteiger partial charge is 0.337 e. The number of fused-ring (bicyclic) bond motifs is 1. The van der Waals surface area contributed by atoms with Gasteiger partial charge in [-0.15, -0.1) is 0 Å². The predicted octanol–water partition coefficient (Wildman–Crippen LogP) is 5.16. The smallest absolute Gasteiger partial charge is 0.260 e. The van der Waals surface area contributed by atoms with Gasteiger partial charge in [0.15, 0.2) is 5.13 Å². The molecular weight excluding hydrogens is 380 g/mol. The fourth-order valence-corrected chi connectivity index (χ4v) is 4.57. The van der Waals surface area contributed by atoms with Crippen LogP contribution in [0, 0.1) is 20.8 Å². The Balaban J connectivity index is 1.67. The second-order valence-electron chi connectivity index (χ2n) is 7.41. The van der Waals surface area contributed by atoms with E-state index in [0.29, 0.717) is 12.1 Å². The molecule has 0 bridgehead atoms. The Bertz CT molecular complexity index is 1150. The Morgan fingerprint density at radius 2 is 2.00 bits per heavy atom. The number of aryl methyl sites for hydroxylation is 4. The van der Waals surface area contributed by atoms with E-state index >= 15 is 0 Å². The Hall–Kier alpha value is -2.99. The lowest BCUT2D eigenvalue weighted by Gasteiger charge is -2.20. The molecule has 0 radical (unpaired) electrons. The number of nitrogens with zero attached hydrogens (tertiary/aromatic N) is 4. The molecule has 0 aliphatic rings. The highest BCUT2D eigenvalue weighted by Crippen LogP contribution is 2.33. The van der Waals surface area contributed by atoms with Gasteiger partial charge in [-0.3, -0.25) is 9.69 Å². The van der Waals surface area contributed by atoms with Crippen LogP contribution in [0.25, 0.3) is 10.2 Å². The lowest BCUT2D eigenvalue weighted by molar-refractivity contribution is 0.0986. The van der Waals surface area contributed by atoms with Gasteiger partial charge in [-0.2, -0.15) is 0 Å². The van der Waals surface area contributed by atoms with Crippen molar-refractivity contribution in [1.29, 1.82) is 0 Å². The minimum Gasteiger partial charge on any atom is -0.337 e. The van der Waals surface area contributed by atoms with E-state index in [1.54, 1.807) is 23.9 Å². The van der Waals surface area contributed by atoms with Crippen molar-refractivity contribution in [1.82, 2.24) is 14.5 Å². The zero-order valence-corrected chi connectivity index (χ0v) is 17.7. The maximum Gasteiger partial charge on any atom is 0.260 e. The van der Waals surface area contributed by atoms with Crippen LogP contribution in [0.15, 0.2) is 55.1 Å². The molecule has 0 N–H and O–H groups in total. The summed E-state index contributed by atoms with van der Waals surface area (Å²) in [7, 11) is 0. The van der Waals surface area contributed by atoms with E-state index < -0.39 is 0 Å². The molecule has 2 aromatic heterocycles. The van der Waals surface area contributed by atoms with Crippen LogP contribution in [0.5, 0.6) is 0 Å². The Morgan fingerprint density at radius 1 is 1.14 bits per heavy atom. The van der Waals surface area contributed by atoms with Gasteiger partial charge >= 0.3 is 0 Å². The second-order valence-corrected chi connectivity index (χ2v) is 8.38. The molecule has 0 aliphatic carbocycles. The van der Waals surface area contributed by atoms with Gasteiger partial charge in [0.2, 0.25) is 0 Å². The summed E-state index contributed by atoms with van der Waals surface area (Å²) in [5.41, 5.74) is 5.11. The zero-order chi connectivity index (χ0) is 20.4. The van der Waals surface area contributed by atoms with Gasteiger partial charge in [-0.25, -0.2) is 9.97 Å². The molecule has 0 atom stereocenters. The number of carbonyl (C=O) groups excluding carboxylic acids is 1. The van der Waals surface area contributed by atoms with Crippen LogP contribution < -0.4 is 4.90 Å². The normalized spacial score (nSPS) is 11.1. The minimum absolute atomic E-state index is 0.00670. The van der Waals surface area contributed by atoms with Crippen molar-refractivity contribution in [2.75, 3.05) is 11.4 Å². The van der Waals surface area contributed by atoms with Crippen molar-refractivity contribution in [3.05, 3.63) is 77.4 Å². The van der Waals surface area contributed by atoms with E-state index in [1.165, 1.54) is 11.1 Å². The van der Waals surface area contributed by atoms with Crippen LogP contribution in [0.4, 0.5) is 5.13 Å². The number of aromatic nitrogens is 3. The molecule has 0 fully saturated rings. The lowest BCUT2D eigenvalue weighted by Crippen LogP contribution is -2.32. The van der Waals surface area contributed by atoms with Crippen LogP contribution in [0.3, 0.4) is 0 Å². The number of thiazole rings is 1. The van der Waals surface area contributed by atoms with Gasteiger partial charge in [-0.05, 0) is 56.5 Å². The molecule has 4 rings (SSSR count). The standard InChI is InChI=1S/C23H24N4OS/c1-16-6-4-7-19(13-16)22(28)27(10-5-9-26-11-8-24-15-26)23-25-20-14-17(2)12-18(3)21(20)29-23/h4,6-8,11-15H,5,9-10H2,1-3H3. The number of hydrogen-bond acceptors (Lipinski definition) is 4. The fourth-order valence-electron chi connectivity index (χ4n) is 3.53. The highest BCUT2D eigenvalue weighted by molar-refractivity contribution is 7.22. The first-order valence-electron chi connectivity index (χ1n) is 9.73. The third-order valence-electron chi connectivity index (χ3n) is 4.91. The first kappa shape index (κ1) is 19.3. The summed E-state index contributed by atoms with van der Waals surface area (Å²) < 4.78 is 3.17. The third kappa shape index (κ3) is 4.22. The number of anilines is 1. The van der Waals surface area contributed by atoms with E-state index in [9.17, 15) is 4.79 Å². The average Bonchev–Trinajstić information content (AvgIpc) is 3.34. The average molecular weight is 405 g/mol. The van der Waals surface area contributed by atoms with Crippen molar-refractivity contribution in [2.24, 2.45) is 0 Å². The number of rotatable bonds is 6. The molecule has 0 spiro atoms. The van der Waals surface area contributed by atoms with Gasteiger partial charge < -0.3 is 4.57 Å². The summed E-state index contributed by atoms with van der Waals surface area (Å²) in [4.78, 5) is 24.1. The first-order chi connectivity index (χ1) is 14.0. The predicted molar refractivity (Wildman–Crippen MR) is 119 cm³/mol. The number of carbonyl (C=O) groups is 1. The lowest BCUT2D eigenvalue weighted by atomic mass is 10.1. The monoisotopic (exact) mass is 404 g/mol. The summed E-state index contributed by atoms with van der Waals surface area (Å²) in [5.74, 6) is -0.00670. The summed E-state index contributed by atoms with van der Waals surface area (Å²) in [6, 6.07) is 12.0. The molecule has 5 nitrogen and oxygen atoms in total. The molecule has 1 amide bonds. The molecule has 29 heavy (non-hydrogen) atoms.